The molecule has 0 aliphatic carbocycles. The van der Waals surface area contributed by atoms with Crippen molar-refractivity contribution in [2.24, 2.45) is 5.92 Å². The minimum absolute atomic E-state index is 0.0105. The standard InChI is InChI=1S/C13H16O2/c1-9-4-6-11(7-5-9)13(3)8-10(2)12(14)15-13/h4-7,10H,8H2,1-3H3/t10-,13+/m1/s1. The molecule has 0 spiro atoms. The summed E-state index contributed by atoms with van der Waals surface area (Å²) < 4.78 is 5.45. The van der Waals surface area contributed by atoms with Crippen molar-refractivity contribution in [3.63, 3.8) is 0 Å². The summed E-state index contributed by atoms with van der Waals surface area (Å²) in [4.78, 5) is 11.4. The van der Waals surface area contributed by atoms with E-state index in [4.69, 9.17) is 4.74 Å². The Bertz CT molecular complexity index is 380. The van der Waals surface area contributed by atoms with Crippen molar-refractivity contribution < 1.29 is 9.53 Å². The predicted octanol–water partition coefficient (Wildman–Crippen LogP) is 2.79. The SMILES string of the molecule is Cc1ccc([C@]2(C)C[C@@H](C)C(=O)O2)cc1. The van der Waals surface area contributed by atoms with Gasteiger partial charge in [0.05, 0.1) is 5.92 Å². The quantitative estimate of drug-likeness (QED) is 0.657. The second-order valence-electron chi connectivity index (χ2n) is 4.62. The molecule has 1 aromatic rings. The molecule has 1 aromatic carbocycles. The van der Waals surface area contributed by atoms with Crippen molar-refractivity contribution in [2.75, 3.05) is 0 Å². The van der Waals surface area contributed by atoms with Crippen molar-refractivity contribution in [3.8, 4) is 0 Å². The van der Waals surface area contributed by atoms with Crippen LogP contribution in [0, 0.1) is 12.8 Å². The van der Waals surface area contributed by atoms with Crippen molar-refractivity contribution in [2.45, 2.75) is 32.8 Å². The normalized spacial score (nSPS) is 30.3. The molecule has 0 radical (unpaired) electrons. The van der Waals surface area contributed by atoms with Gasteiger partial charge in [0.15, 0.2) is 0 Å². The van der Waals surface area contributed by atoms with Gasteiger partial charge in [-0.1, -0.05) is 36.8 Å². The van der Waals surface area contributed by atoms with E-state index in [0.29, 0.717) is 0 Å². The van der Waals surface area contributed by atoms with Crippen LogP contribution < -0.4 is 0 Å². The number of carbonyl (C=O) groups excluding carboxylic acids is 1. The molecule has 0 N–H and O–H groups in total. The third-order valence-electron chi connectivity index (χ3n) is 3.09. The first-order valence-electron chi connectivity index (χ1n) is 5.31. The summed E-state index contributed by atoms with van der Waals surface area (Å²) >= 11 is 0. The lowest BCUT2D eigenvalue weighted by molar-refractivity contribution is -0.149. The molecule has 0 unspecified atom stereocenters. The Morgan fingerprint density at radius 1 is 1.33 bits per heavy atom. The van der Waals surface area contributed by atoms with Crippen molar-refractivity contribution in [3.05, 3.63) is 35.4 Å². The van der Waals surface area contributed by atoms with E-state index in [9.17, 15) is 4.79 Å². The fourth-order valence-corrected chi connectivity index (χ4v) is 2.11. The van der Waals surface area contributed by atoms with Gasteiger partial charge in [-0.3, -0.25) is 4.79 Å². The van der Waals surface area contributed by atoms with E-state index in [1.54, 1.807) is 0 Å². The first-order chi connectivity index (χ1) is 7.01. The van der Waals surface area contributed by atoms with E-state index in [2.05, 4.69) is 19.1 Å². The predicted molar refractivity (Wildman–Crippen MR) is 58.4 cm³/mol. The van der Waals surface area contributed by atoms with Gasteiger partial charge in [-0.15, -0.1) is 0 Å². The number of benzene rings is 1. The first-order valence-corrected chi connectivity index (χ1v) is 5.31. The number of rotatable bonds is 1. The third kappa shape index (κ3) is 1.76. The highest BCUT2D eigenvalue weighted by atomic mass is 16.6. The van der Waals surface area contributed by atoms with Gasteiger partial charge in [0.25, 0.3) is 0 Å². The Morgan fingerprint density at radius 2 is 1.93 bits per heavy atom. The Balaban J connectivity index is 2.31. The van der Waals surface area contributed by atoms with E-state index < -0.39 is 5.60 Å². The zero-order valence-corrected chi connectivity index (χ0v) is 9.41. The fraction of sp³-hybridized carbons (Fsp3) is 0.462. The molecule has 2 atom stereocenters. The summed E-state index contributed by atoms with van der Waals surface area (Å²) in [6.45, 7) is 5.95. The van der Waals surface area contributed by atoms with Crippen LogP contribution in [-0.4, -0.2) is 5.97 Å². The van der Waals surface area contributed by atoms with E-state index in [-0.39, 0.29) is 11.9 Å². The van der Waals surface area contributed by atoms with Gasteiger partial charge < -0.3 is 4.74 Å². The minimum atomic E-state index is -0.426. The Labute approximate surface area is 90.3 Å². The van der Waals surface area contributed by atoms with Gasteiger partial charge in [-0.2, -0.15) is 0 Å². The number of aryl methyl sites for hydroxylation is 1. The summed E-state index contributed by atoms with van der Waals surface area (Å²) in [6, 6.07) is 8.19. The molecule has 15 heavy (non-hydrogen) atoms. The monoisotopic (exact) mass is 204 g/mol. The molecule has 1 aliphatic rings. The molecule has 2 rings (SSSR count). The van der Waals surface area contributed by atoms with Crippen LogP contribution in [0.3, 0.4) is 0 Å². The summed E-state index contributed by atoms with van der Waals surface area (Å²) in [5.41, 5.74) is 1.88. The lowest BCUT2D eigenvalue weighted by Gasteiger charge is -2.23. The van der Waals surface area contributed by atoms with E-state index >= 15 is 0 Å². The highest BCUT2D eigenvalue weighted by Gasteiger charge is 2.42. The topological polar surface area (TPSA) is 26.3 Å². The van der Waals surface area contributed by atoms with Crippen molar-refractivity contribution in [1.29, 1.82) is 0 Å². The zero-order chi connectivity index (χ0) is 11.1. The third-order valence-corrected chi connectivity index (χ3v) is 3.09. The number of esters is 1. The molecule has 1 heterocycles. The van der Waals surface area contributed by atoms with Crippen LogP contribution >= 0.6 is 0 Å². The largest absolute Gasteiger partial charge is 0.454 e. The number of carbonyl (C=O) groups is 1. The first kappa shape index (κ1) is 10.2. The van der Waals surface area contributed by atoms with Gasteiger partial charge in [-0.05, 0) is 19.4 Å². The summed E-state index contributed by atoms with van der Waals surface area (Å²) in [5.74, 6) is -0.0746. The van der Waals surface area contributed by atoms with E-state index in [1.807, 2.05) is 26.0 Å². The van der Waals surface area contributed by atoms with Crippen LogP contribution in [0.2, 0.25) is 0 Å². The Morgan fingerprint density at radius 3 is 2.40 bits per heavy atom. The smallest absolute Gasteiger partial charge is 0.309 e. The van der Waals surface area contributed by atoms with Crippen LogP contribution in [0.15, 0.2) is 24.3 Å². The van der Waals surface area contributed by atoms with Crippen LogP contribution in [0.1, 0.15) is 31.4 Å². The van der Waals surface area contributed by atoms with Crippen LogP contribution in [0.5, 0.6) is 0 Å². The Kier molecular flexibility index (Phi) is 2.29. The molecule has 1 saturated heterocycles. The number of hydrogen-bond acceptors (Lipinski definition) is 2. The average molecular weight is 204 g/mol. The van der Waals surface area contributed by atoms with Crippen LogP contribution in [-0.2, 0) is 15.1 Å². The van der Waals surface area contributed by atoms with Gasteiger partial charge in [0, 0.05) is 6.42 Å². The van der Waals surface area contributed by atoms with Crippen molar-refractivity contribution in [1.82, 2.24) is 0 Å². The Hall–Kier alpha value is -1.31. The minimum Gasteiger partial charge on any atom is -0.454 e. The fourth-order valence-electron chi connectivity index (χ4n) is 2.11. The molecule has 1 aliphatic heterocycles. The molecular formula is C13H16O2. The summed E-state index contributed by atoms with van der Waals surface area (Å²) in [7, 11) is 0. The van der Waals surface area contributed by atoms with Gasteiger partial charge in [0.2, 0.25) is 0 Å². The van der Waals surface area contributed by atoms with Crippen LogP contribution in [0.4, 0.5) is 0 Å². The maximum absolute atomic E-state index is 11.4. The number of ether oxygens (including phenoxy) is 1. The van der Waals surface area contributed by atoms with E-state index in [1.165, 1.54) is 5.56 Å². The summed E-state index contributed by atoms with van der Waals surface area (Å²) in [6.07, 6.45) is 0.773. The lowest BCUT2D eigenvalue weighted by atomic mass is 9.89. The molecule has 1 fully saturated rings. The van der Waals surface area contributed by atoms with Crippen molar-refractivity contribution >= 4 is 5.97 Å². The second-order valence-corrected chi connectivity index (χ2v) is 4.62. The molecular weight excluding hydrogens is 188 g/mol. The molecule has 0 aromatic heterocycles. The second kappa shape index (κ2) is 3.37. The molecule has 0 amide bonds. The summed E-state index contributed by atoms with van der Waals surface area (Å²) in [5, 5.41) is 0. The molecule has 80 valence electrons. The molecule has 0 bridgehead atoms. The lowest BCUT2D eigenvalue weighted by Crippen LogP contribution is -2.20. The highest BCUT2D eigenvalue weighted by Crippen LogP contribution is 2.39. The maximum atomic E-state index is 11.4. The van der Waals surface area contributed by atoms with Gasteiger partial charge in [0.1, 0.15) is 5.60 Å². The molecule has 2 heteroatoms. The van der Waals surface area contributed by atoms with Crippen LogP contribution in [0.25, 0.3) is 0 Å². The number of hydrogen-bond donors (Lipinski definition) is 0. The highest BCUT2D eigenvalue weighted by molar-refractivity contribution is 5.75. The maximum Gasteiger partial charge on any atom is 0.309 e. The van der Waals surface area contributed by atoms with Gasteiger partial charge >= 0.3 is 5.97 Å². The van der Waals surface area contributed by atoms with Gasteiger partial charge in [-0.25, -0.2) is 0 Å². The molecule has 2 nitrogen and oxygen atoms in total. The average Bonchev–Trinajstić information content (AvgIpc) is 2.43. The number of cyclic esters (lactones) is 1. The molecule has 0 saturated carbocycles. The van der Waals surface area contributed by atoms with E-state index in [0.717, 1.165) is 12.0 Å². The zero-order valence-electron chi connectivity index (χ0n) is 9.41.